The van der Waals surface area contributed by atoms with Gasteiger partial charge >= 0.3 is 0 Å². The van der Waals surface area contributed by atoms with Gasteiger partial charge < -0.3 is 10.1 Å². The lowest BCUT2D eigenvalue weighted by Crippen LogP contribution is -2.25. The van der Waals surface area contributed by atoms with Crippen molar-refractivity contribution in [2.24, 2.45) is 0 Å². The molecule has 1 amide bonds. The highest BCUT2D eigenvalue weighted by molar-refractivity contribution is 7.09. The van der Waals surface area contributed by atoms with Gasteiger partial charge in [-0.15, -0.1) is 11.3 Å². The topological polar surface area (TPSA) is 51.2 Å². The SMILES string of the molecule is COCc1nc(CCNC(=O)c2ccc(Cl)cc2)cs1. The number of thiazole rings is 1. The Kier molecular flexibility index (Phi) is 5.52. The molecular formula is C14H15ClN2O2S. The minimum absolute atomic E-state index is 0.103. The standard InChI is InChI=1S/C14H15ClN2O2S/c1-19-8-13-17-12(9-20-13)6-7-16-14(18)10-2-4-11(15)5-3-10/h2-5,9H,6-8H2,1H3,(H,16,18). The number of rotatable bonds is 6. The number of carbonyl (C=O) groups excluding carboxylic acids is 1. The predicted molar refractivity (Wildman–Crippen MR) is 80.3 cm³/mol. The molecule has 0 saturated heterocycles. The molecule has 1 heterocycles. The molecule has 4 nitrogen and oxygen atoms in total. The molecule has 6 heteroatoms. The summed E-state index contributed by atoms with van der Waals surface area (Å²) in [6.45, 7) is 1.08. The van der Waals surface area contributed by atoms with Crippen LogP contribution in [0.4, 0.5) is 0 Å². The fourth-order valence-electron chi connectivity index (χ4n) is 1.66. The minimum atomic E-state index is -0.103. The van der Waals surface area contributed by atoms with E-state index in [1.165, 1.54) is 0 Å². The van der Waals surface area contributed by atoms with Gasteiger partial charge in [0.05, 0.1) is 12.3 Å². The van der Waals surface area contributed by atoms with Crippen LogP contribution in [0.15, 0.2) is 29.6 Å². The van der Waals surface area contributed by atoms with Gasteiger partial charge in [0.2, 0.25) is 0 Å². The van der Waals surface area contributed by atoms with Crippen LogP contribution < -0.4 is 5.32 Å². The predicted octanol–water partition coefficient (Wildman–Crippen LogP) is 2.92. The number of hydrogen-bond acceptors (Lipinski definition) is 4. The number of nitrogens with one attached hydrogen (secondary N) is 1. The molecule has 0 aliphatic rings. The van der Waals surface area contributed by atoms with Gasteiger partial charge in [-0.1, -0.05) is 11.6 Å². The lowest BCUT2D eigenvalue weighted by molar-refractivity contribution is 0.0954. The van der Waals surface area contributed by atoms with Crippen molar-refractivity contribution in [3.63, 3.8) is 0 Å². The molecule has 0 saturated carbocycles. The Hall–Kier alpha value is -1.43. The maximum absolute atomic E-state index is 11.9. The van der Waals surface area contributed by atoms with Gasteiger partial charge in [-0.2, -0.15) is 0 Å². The summed E-state index contributed by atoms with van der Waals surface area (Å²) >= 11 is 7.35. The van der Waals surface area contributed by atoms with E-state index in [9.17, 15) is 4.79 Å². The molecule has 1 aromatic heterocycles. The highest BCUT2D eigenvalue weighted by Crippen LogP contribution is 2.11. The van der Waals surface area contributed by atoms with Crippen molar-refractivity contribution in [3.05, 3.63) is 50.9 Å². The third-order valence-corrected chi connectivity index (χ3v) is 3.76. The molecule has 1 aromatic carbocycles. The first-order valence-corrected chi connectivity index (χ1v) is 7.41. The number of halogens is 1. The second-order valence-electron chi connectivity index (χ2n) is 4.18. The molecule has 20 heavy (non-hydrogen) atoms. The second kappa shape index (κ2) is 7.38. The van der Waals surface area contributed by atoms with Crippen molar-refractivity contribution in [1.82, 2.24) is 10.3 Å². The van der Waals surface area contributed by atoms with Crippen LogP contribution in [-0.2, 0) is 17.8 Å². The van der Waals surface area contributed by atoms with E-state index in [4.69, 9.17) is 16.3 Å². The normalized spacial score (nSPS) is 10.5. The molecule has 1 N–H and O–H groups in total. The van der Waals surface area contributed by atoms with E-state index in [-0.39, 0.29) is 5.91 Å². The summed E-state index contributed by atoms with van der Waals surface area (Å²) in [4.78, 5) is 16.3. The van der Waals surface area contributed by atoms with Crippen molar-refractivity contribution in [1.29, 1.82) is 0 Å². The Balaban J connectivity index is 1.80. The Bertz CT molecular complexity index is 569. The summed E-state index contributed by atoms with van der Waals surface area (Å²) < 4.78 is 5.02. The molecule has 2 aromatic rings. The monoisotopic (exact) mass is 310 g/mol. The average Bonchev–Trinajstić information content (AvgIpc) is 2.87. The van der Waals surface area contributed by atoms with Gasteiger partial charge in [0, 0.05) is 36.0 Å². The van der Waals surface area contributed by atoms with Crippen LogP contribution >= 0.6 is 22.9 Å². The zero-order valence-corrected chi connectivity index (χ0v) is 12.6. The van der Waals surface area contributed by atoms with E-state index in [2.05, 4.69) is 10.3 Å². The maximum Gasteiger partial charge on any atom is 0.251 e. The number of ether oxygens (including phenoxy) is 1. The number of aromatic nitrogens is 1. The van der Waals surface area contributed by atoms with Gasteiger partial charge in [0.1, 0.15) is 5.01 Å². The van der Waals surface area contributed by atoms with Crippen LogP contribution in [0, 0.1) is 0 Å². The minimum Gasteiger partial charge on any atom is -0.378 e. The molecule has 0 unspecified atom stereocenters. The van der Waals surface area contributed by atoms with Crippen LogP contribution in [0.5, 0.6) is 0 Å². The summed E-state index contributed by atoms with van der Waals surface area (Å²) in [5.41, 5.74) is 1.58. The summed E-state index contributed by atoms with van der Waals surface area (Å²) in [6.07, 6.45) is 0.708. The van der Waals surface area contributed by atoms with E-state index < -0.39 is 0 Å². The quantitative estimate of drug-likeness (QED) is 0.892. The first-order valence-electron chi connectivity index (χ1n) is 6.15. The van der Waals surface area contributed by atoms with Crippen LogP contribution in [0.1, 0.15) is 21.1 Å². The number of benzene rings is 1. The van der Waals surface area contributed by atoms with Crippen molar-refractivity contribution < 1.29 is 9.53 Å². The van der Waals surface area contributed by atoms with Crippen LogP contribution in [-0.4, -0.2) is 24.5 Å². The molecule has 0 atom stereocenters. The molecular weight excluding hydrogens is 296 g/mol. The largest absolute Gasteiger partial charge is 0.378 e. The molecule has 0 bridgehead atoms. The smallest absolute Gasteiger partial charge is 0.251 e. The molecule has 0 radical (unpaired) electrons. The maximum atomic E-state index is 11.9. The fourth-order valence-corrected chi connectivity index (χ4v) is 2.59. The Morgan fingerprint density at radius 2 is 2.15 bits per heavy atom. The third kappa shape index (κ3) is 4.30. The van der Waals surface area contributed by atoms with Crippen LogP contribution in [0.25, 0.3) is 0 Å². The van der Waals surface area contributed by atoms with Crippen LogP contribution in [0.2, 0.25) is 5.02 Å². The molecule has 106 valence electrons. The number of carbonyl (C=O) groups is 1. The van der Waals surface area contributed by atoms with Crippen molar-refractivity contribution in [3.8, 4) is 0 Å². The summed E-state index contributed by atoms with van der Waals surface area (Å²) in [6, 6.07) is 6.82. The highest BCUT2D eigenvalue weighted by Gasteiger charge is 2.06. The third-order valence-electron chi connectivity index (χ3n) is 2.64. The van der Waals surface area contributed by atoms with E-state index in [0.29, 0.717) is 30.2 Å². The van der Waals surface area contributed by atoms with Crippen molar-refractivity contribution in [2.45, 2.75) is 13.0 Å². The number of amides is 1. The van der Waals surface area contributed by atoms with Gasteiger partial charge in [-0.3, -0.25) is 4.79 Å². The highest BCUT2D eigenvalue weighted by atomic mass is 35.5. The Morgan fingerprint density at radius 3 is 2.85 bits per heavy atom. The van der Waals surface area contributed by atoms with E-state index in [0.717, 1.165) is 10.7 Å². The average molecular weight is 311 g/mol. The zero-order valence-electron chi connectivity index (χ0n) is 11.1. The van der Waals surface area contributed by atoms with Gasteiger partial charge in [-0.25, -0.2) is 4.98 Å². The first-order chi connectivity index (χ1) is 9.69. The number of methoxy groups -OCH3 is 1. The van der Waals surface area contributed by atoms with Gasteiger partial charge in [-0.05, 0) is 24.3 Å². The Labute approximate surface area is 126 Å². The fraction of sp³-hybridized carbons (Fsp3) is 0.286. The summed E-state index contributed by atoms with van der Waals surface area (Å²) in [7, 11) is 1.65. The van der Waals surface area contributed by atoms with Gasteiger partial charge in [0.15, 0.2) is 0 Å². The zero-order chi connectivity index (χ0) is 14.4. The molecule has 0 aliphatic carbocycles. The lowest BCUT2D eigenvalue weighted by Gasteiger charge is -2.04. The first kappa shape index (κ1) is 15.0. The van der Waals surface area contributed by atoms with Crippen molar-refractivity contribution in [2.75, 3.05) is 13.7 Å². The summed E-state index contributed by atoms with van der Waals surface area (Å²) in [5.74, 6) is -0.103. The van der Waals surface area contributed by atoms with Crippen molar-refractivity contribution >= 4 is 28.8 Å². The second-order valence-corrected chi connectivity index (χ2v) is 5.56. The molecule has 2 rings (SSSR count). The van der Waals surface area contributed by atoms with E-state index >= 15 is 0 Å². The van der Waals surface area contributed by atoms with E-state index in [1.807, 2.05) is 5.38 Å². The molecule has 0 spiro atoms. The number of nitrogens with zero attached hydrogens (tertiary/aromatic N) is 1. The summed E-state index contributed by atoms with van der Waals surface area (Å²) in [5, 5.41) is 6.42. The molecule has 0 fully saturated rings. The Morgan fingerprint density at radius 1 is 1.40 bits per heavy atom. The van der Waals surface area contributed by atoms with E-state index in [1.54, 1.807) is 42.7 Å². The molecule has 0 aliphatic heterocycles. The lowest BCUT2D eigenvalue weighted by atomic mass is 10.2. The number of hydrogen-bond donors (Lipinski definition) is 1. The van der Waals surface area contributed by atoms with Crippen LogP contribution in [0.3, 0.4) is 0 Å². The van der Waals surface area contributed by atoms with Gasteiger partial charge in [0.25, 0.3) is 5.91 Å².